The number of carbonyl (C=O) groups excluding carboxylic acids is 1. The van der Waals surface area contributed by atoms with Crippen molar-refractivity contribution >= 4 is 21.7 Å². The number of nitriles is 1. The molecule has 0 spiro atoms. The largest absolute Gasteiger partial charge is 0.294 e. The Bertz CT molecular complexity index is 916. The van der Waals surface area contributed by atoms with Gasteiger partial charge in [-0.05, 0) is 23.3 Å². The van der Waals surface area contributed by atoms with E-state index in [2.05, 4.69) is 22.0 Å². The van der Waals surface area contributed by atoms with Crippen molar-refractivity contribution in [3.63, 3.8) is 0 Å². The number of rotatable bonds is 6. The van der Waals surface area contributed by atoms with Crippen molar-refractivity contribution in [1.82, 2.24) is 0 Å². The molecule has 0 fully saturated rings. The molecule has 128 valence electrons. The molecule has 0 aromatic heterocycles. The van der Waals surface area contributed by atoms with E-state index in [1.807, 2.05) is 84.9 Å². The predicted octanol–water partition coefficient (Wildman–Crippen LogP) is 6.11. The van der Waals surface area contributed by atoms with E-state index in [4.69, 9.17) is 0 Å². The first kappa shape index (κ1) is 18.1. The molecule has 3 aromatic rings. The van der Waals surface area contributed by atoms with Crippen molar-refractivity contribution in [2.75, 3.05) is 0 Å². The average Bonchev–Trinajstić information content (AvgIpc) is 2.69. The molecule has 0 aliphatic heterocycles. The Labute approximate surface area is 162 Å². The van der Waals surface area contributed by atoms with Gasteiger partial charge in [0.25, 0.3) is 0 Å². The van der Waals surface area contributed by atoms with E-state index >= 15 is 0 Å². The number of ketones is 1. The maximum absolute atomic E-state index is 12.8. The Morgan fingerprint density at radius 1 is 0.885 bits per heavy atom. The number of hydrogen-bond acceptors (Lipinski definition) is 2. The molecule has 0 saturated carbocycles. The maximum Gasteiger partial charge on any atom is 0.163 e. The van der Waals surface area contributed by atoms with E-state index in [1.165, 1.54) is 0 Å². The minimum absolute atomic E-state index is 0.0506. The lowest BCUT2D eigenvalue weighted by Crippen LogP contribution is -2.15. The van der Waals surface area contributed by atoms with Crippen LogP contribution in [0.25, 0.3) is 0 Å². The normalized spacial score (nSPS) is 12.8. The van der Waals surface area contributed by atoms with Crippen molar-refractivity contribution < 1.29 is 4.79 Å². The standard InChI is InChI=1S/C23H18BrNO/c24-20-13-7-12-19(14-20)22(16-25)21(17-8-3-1-4-9-17)15-23(26)18-10-5-2-6-11-18/h1-14,21-22H,15H2/t21-,22+/m1/s1. The van der Waals surface area contributed by atoms with Crippen molar-refractivity contribution in [3.05, 3.63) is 106 Å². The second kappa shape index (κ2) is 8.60. The van der Waals surface area contributed by atoms with E-state index in [-0.39, 0.29) is 11.7 Å². The molecular formula is C23H18BrNO. The molecule has 0 bridgehead atoms. The van der Waals surface area contributed by atoms with Gasteiger partial charge in [-0.2, -0.15) is 5.26 Å². The smallest absolute Gasteiger partial charge is 0.163 e. The summed E-state index contributed by atoms with van der Waals surface area (Å²) in [6.07, 6.45) is 0.290. The molecule has 2 atom stereocenters. The molecule has 0 saturated heterocycles. The second-order valence-corrected chi connectivity index (χ2v) is 7.09. The molecule has 0 amide bonds. The van der Waals surface area contributed by atoms with Crippen LogP contribution in [0, 0.1) is 11.3 Å². The molecule has 3 aromatic carbocycles. The highest BCUT2D eigenvalue weighted by Gasteiger charge is 2.27. The lowest BCUT2D eigenvalue weighted by Gasteiger charge is -2.23. The summed E-state index contributed by atoms with van der Waals surface area (Å²) in [6, 6.07) is 29.3. The molecule has 0 unspecified atom stereocenters. The fraction of sp³-hybridized carbons (Fsp3) is 0.130. The number of Topliss-reactive ketones (excluding diaryl/α,β-unsaturated/α-hetero) is 1. The van der Waals surface area contributed by atoms with Gasteiger partial charge in [0.05, 0.1) is 12.0 Å². The van der Waals surface area contributed by atoms with Gasteiger partial charge in [0.1, 0.15) is 0 Å². The van der Waals surface area contributed by atoms with Crippen LogP contribution in [0.1, 0.15) is 39.7 Å². The molecule has 26 heavy (non-hydrogen) atoms. The second-order valence-electron chi connectivity index (χ2n) is 6.17. The van der Waals surface area contributed by atoms with Crippen LogP contribution in [-0.4, -0.2) is 5.78 Å². The summed E-state index contributed by atoms with van der Waals surface area (Å²) in [5.74, 6) is -0.555. The molecule has 3 rings (SSSR count). The first-order valence-corrected chi connectivity index (χ1v) is 9.26. The fourth-order valence-corrected chi connectivity index (χ4v) is 3.58. The van der Waals surface area contributed by atoms with Crippen molar-refractivity contribution in [1.29, 1.82) is 5.26 Å². The highest BCUT2D eigenvalue weighted by molar-refractivity contribution is 9.10. The lowest BCUT2D eigenvalue weighted by molar-refractivity contribution is 0.0972. The molecule has 0 aliphatic carbocycles. The van der Waals surface area contributed by atoms with Gasteiger partial charge in [-0.15, -0.1) is 0 Å². The summed E-state index contributed by atoms with van der Waals surface area (Å²) in [4.78, 5) is 12.8. The summed E-state index contributed by atoms with van der Waals surface area (Å²) < 4.78 is 0.927. The van der Waals surface area contributed by atoms with E-state index in [1.54, 1.807) is 0 Å². The van der Waals surface area contributed by atoms with Crippen LogP contribution in [-0.2, 0) is 0 Å². The lowest BCUT2D eigenvalue weighted by atomic mass is 9.78. The van der Waals surface area contributed by atoms with Crippen molar-refractivity contribution in [3.8, 4) is 6.07 Å². The van der Waals surface area contributed by atoms with Crippen LogP contribution in [0.15, 0.2) is 89.4 Å². The SMILES string of the molecule is N#C[C@@H](c1cccc(Br)c1)[C@H](CC(=O)c1ccccc1)c1ccccc1. The quantitative estimate of drug-likeness (QED) is 0.465. The topological polar surface area (TPSA) is 40.9 Å². The molecule has 0 aliphatic rings. The van der Waals surface area contributed by atoms with Crippen LogP contribution in [0.2, 0.25) is 0 Å². The Balaban J connectivity index is 1.98. The minimum atomic E-state index is -0.400. The number of hydrogen-bond donors (Lipinski definition) is 0. The van der Waals surface area contributed by atoms with E-state index < -0.39 is 5.92 Å². The van der Waals surface area contributed by atoms with Crippen LogP contribution in [0.4, 0.5) is 0 Å². The molecule has 3 heteroatoms. The number of carbonyl (C=O) groups is 1. The zero-order chi connectivity index (χ0) is 18.4. The predicted molar refractivity (Wildman–Crippen MR) is 107 cm³/mol. The molecular weight excluding hydrogens is 386 g/mol. The average molecular weight is 404 g/mol. The molecule has 0 heterocycles. The Kier molecular flexibility index (Phi) is 5.99. The van der Waals surface area contributed by atoms with Crippen molar-refractivity contribution in [2.45, 2.75) is 18.3 Å². The summed E-state index contributed by atoms with van der Waals surface area (Å²) in [5, 5.41) is 9.91. The highest BCUT2D eigenvalue weighted by Crippen LogP contribution is 2.37. The van der Waals surface area contributed by atoms with Crippen LogP contribution < -0.4 is 0 Å². The number of benzene rings is 3. The summed E-state index contributed by atoms with van der Waals surface area (Å²) in [5.41, 5.74) is 2.60. The van der Waals surface area contributed by atoms with Gasteiger partial charge < -0.3 is 0 Å². The molecule has 0 N–H and O–H groups in total. The summed E-state index contributed by atoms with van der Waals surface area (Å²) in [7, 11) is 0. The Hall–Kier alpha value is -2.70. The maximum atomic E-state index is 12.8. The van der Waals surface area contributed by atoms with E-state index in [9.17, 15) is 10.1 Å². The van der Waals surface area contributed by atoms with Crippen molar-refractivity contribution in [2.24, 2.45) is 0 Å². The van der Waals surface area contributed by atoms with Crippen LogP contribution >= 0.6 is 15.9 Å². The zero-order valence-electron chi connectivity index (χ0n) is 14.2. The van der Waals surface area contributed by atoms with Gasteiger partial charge in [0.15, 0.2) is 5.78 Å². The number of nitrogens with zero attached hydrogens (tertiary/aromatic N) is 1. The van der Waals surface area contributed by atoms with Gasteiger partial charge in [-0.3, -0.25) is 4.79 Å². The van der Waals surface area contributed by atoms with Gasteiger partial charge in [0, 0.05) is 22.4 Å². The highest BCUT2D eigenvalue weighted by atomic mass is 79.9. The first-order valence-electron chi connectivity index (χ1n) is 8.47. The monoisotopic (exact) mass is 403 g/mol. The third kappa shape index (κ3) is 4.28. The molecule has 2 nitrogen and oxygen atoms in total. The first-order chi connectivity index (χ1) is 12.7. The van der Waals surface area contributed by atoms with Gasteiger partial charge in [-0.25, -0.2) is 0 Å². The zero-order valence-corrected chi connectivity index (χ0v) is 15.8. The van der Waals surface area contributed by atoms with Gasteiger partial charge >= 0.3 is 0 Å². The molecule has 0 radical (unpaired) electrons. The van der Waals surface area contributed by atoms with E-state index in [0.717, 1.165) is 15.6 Å². The number of halogens is 1. The third-order valence-corrected chi connectivity index (χ3v) is 4.97. The van der Waals surface area contributed by atoms with Crippen LogP contribution in [0.3, 0.4) is 0 Å². The summed E-state index contributed by atoms with van der Waals surface area (Å²) in [6.45, 7) is 0. The van der Waals surface area contributed by atoms with E-state index in [0.29, 0.717) is 12.0 Å². The van der Waals surface area contributed by atoms with Gasteiger partial charge in [0.2, 0.25) is 0 Å². The Morgan fingerprint density at radius 3 is 2.12 bits per heavy atom. The summed E-state index contributed by atoms with van der Waals surface area (Å²) >= 11 is 3.48. The van der Waals surface area contributed by atoms with Crippen LogP contribution in [0.5, 0.6) is 0 Å². The third-order valence-electron chi connectivity index (χ3n) is 4.48. The minimum Gasteiger partial charge on any atom is -0.294 e. The Morgan fingerprint density at radius 2 is 1.50 bits per heavy atom. The fourth-order valence-electron chi connectivity index (χ4n) is 3.17. The van der Waals surface area contributed by atoms with Gasteiger partial charge in [-0.1, -0.05) is 88.7 Å².